The second-order valence-electron chi connectivity index (χ2n) is 4.60. The van der Waals surface area contributed by atoms with Crippen LogP contribution in [-0.4, -0.2) is 44.1 Å². The highest BCUT2D eigenvalue weighted by atomic mass is 35.5. The van der Waals surface area contributed by atoms with Crippen molar-refractivity contribution >= 4 is 17.5 Å². The number of carbonyl (C=O) groups is 1. The average Bonchev–Trinajstić information content (AvgIpc) is 2.45. The summed E-state index contributed by atoms with van der Waals surface area (Å²) in [6.45, 7) is 2.58. The van der Waals surface area contributed by atoms with Crippen molar-refractivity contribution < 1.29 is 9.53 Å². The predicted molar refractivity (Wildman–Crippen MR) is 75.3 cm³/mol. The minimum atomic E-state index is -0.0513. The number of morpholine rings is 1. The van der Waals surface area contributed by atoms with E-state index in [0.29, 0.717) is 37.7 Å². The third-order valence-corrected chi connectivity index (χ3v) is 3.50. The Hall–Kier alpha value is -1.10. The van der Waals surface area contributed by atoms with Crippen molar-refractivity contribution in [1.82, 2.24) is 10.2 Å². The molecule has 5 heteroatoms. The van der Waals surface area contributed by atoms with Gasteiger partial charge in [0.25, 0.3) is 0 Å². The topological polar surface area (TPSA) is 41.6 Å². The van der Waals surface area contributed by atoms with Crippen LogP contribution in [0.3, 0.4) is 0 Å². The van der Waals surface area contributed by atoms with Gasteiger partial charge in [-0.1, -0.05) is 23.7 Å². The van der Waals surface area contributed by atoms with Crippen LogP contribution in [0.4, 0.5) is 0 Å². The van der Waals surface area contributed by atoms with E-state index in [1.807, 2.05) is 36.2 Å². The first-order chi connectivity index (χ1) is 9.20. The second-order valence-corrected chi connectivity index (χ2v) is 5.04. The summed E-state index contributed by atoms with van der Waals surface area (Å²) in [7, 11) is 1.85. The molecule has 1 saturated heterocycles. The average molecular weight is 283 g/mol. The Morgan fingerprint density at radius 1 is 1.47 bits per heavy atom. The number of nitrogens with one attached hydrogen (secondary N) is 1. The Balaban J connectivity index is 1.96. The van der Waals surface area contributed by atoms with E-state index in [9.17, 15) is 4.79 Å². The molecule has 1 heterocycles. The molecule has 0 aromatic heterocycles. The lowest BCUT2D eigenvalue weighted by atomic mass is 10.1. The van der Waals surface area contributed by atoms with Crippen LogP contribution in [0.15, 0.2) is 24.3 Å². The molecular weight excluding hydrogens is 264 g/mol. The quantitative estimate of drug-likeness (QED) is 0.916. The van der Waals surface area contributed by atoms with Gasteiger partial charge in [-0.15, -0.1) is 0 Å². The number of nitrogens with zero attached hydrogens (tertiary/aromatic N) is 1. The van der Waals surface area contributed by atoms with Crippen molar-refractivity contribution in [3.8, 4) is 0 Å². The second kappa shape index (κ2) is 6.89. The molecule has 104 valence electrons. The highest BCUT2D eigenvalue weighted by Crippen LogP contribution is 2.23. The van der Waals surface area contributed by atoms with E-state index in [0.717, 1.165) is 5.56 Å². The van der Waals surface area contributed by atoms with E-state index in [2.05, 4.69) is 5.32 Å². The minimum absolute atomic E-state index is 0.0513. The van der Waals surface area contributed by atoms with Crippen LogP contribution < -0.4 is 5.32 Å². The molecule has 19 heavy (non-hydrogen) atoms. The van der Waals surface area contributed by atoms with Crippen molar-refractivity contribution in [2.75, 3.05) is 33.3 Å². The van der Waals surface area contributed by atoms with Crippen molar-refractivity contribution in [3.63, 3.8) is 0 Å². The van der Waals surface area contributed by atoms with Gasteiger partial charge in [0, 0.05) is 24.5 Å². The van der Waals surface area contributed by atoms with Crippen LogP contribution >= 0.6 is 11.6 Å². The maximum Gasteiger partial charge on any atom is 0.224 e. The molecule has 2 rings (SSSR count). The van der Waals surface area contributed by atoms with Crippen LogP contribution in [0.25, 0.3) is 0 Å². The van der Waals surface area contributed by atoms with Gasteiger partial charge in [0.1, 0.15) is 6.10 Å². The molecular formula is C14H19ClN2O2. The van der Waals surface area contributed by atoms with Crippen molar-refractivity contribution in [2.24, 2.45) is 0 Å². The van der Waals surface area contributed by atoms with Crippen molar-refractivity contribution in [1.29, 1.82) is 0 Å². The van der Waals surface area contributed by atoms with Crippen molar-refractivity contribution in [3.05, 3.63) is 34.9 Å². The molecule has 1 amide bonds. The van der Waals surface area contributed by atoms with Gasteiger partial charge >= 0.3 is 0 Å². The SMILES string of the molecule is CNCCC(=O)N1CCOC(c2ccc(Cl)cc2)C1. The fourth-order valence-electron chi connectivity index (χ4n) is 2.14. The smallest absolute Gasteiger partial charge is 0.224 e. The number of amides is 1. The van der Waals surface area contributed by atoms with E-state index >= 15 is 0 Å². The Bertz CT molecular complexity index is 422. The van der Waals surface area contributed by atoms with Crippen LogP contribution in [0.2, 0.25) is 5.02 Å². The Kier molecular flexibility index (Phi) is 5.19. The Labute approximate surface area is 118 Å². The number of hydrogen-bond acceptors (Lipinski definition) is 3. The monoisotopic (exact) mass is 282 g/mol. The van der Waals surface area contributed by atoms with Crippen LogP contribution in [0.1, 0.15) is 18.1 Å². The minimum Gasteiger partial charge on any atom is -0.370 e. The standard InChI is InChI=1S/C14H19ClN2O2/c1-16-7-6-14(18)17-8-9-19-13(10-17)11-2-4-12(15)5-3-11/h2-5,13,16H,6-10H2,1H3. The van der Waals surface area contributed by atoms with Gasteiger partial charge in [0.2, 0.25) is 5.91 Å². The van der Waals surface area contributed by atoms with Gasteiger partial charge in [-0.3, -0.25) is 4.79 Å². The van der Waals surface area contributed by atoms with Gasteiger partial charge < -0.3 is 15.0 Å². The highest BCUT2D eigenvalue weighted by Gasteiger charge is 2.24. The molecule has 1 atom stereocenters. The summed E-state index contributed by atoms with van der Waals surface area (Å²) in [6, 6.07) is 7.60. The first kappa shape index (κ1) is 14.3. The predicted octanol–water partition coefficient (Wildman–Crippen LogP) is 1.85. The van der Waals surface area contributed by atoms with E-state index in [1.54, 1.807) is 0 Å². The fraction of sp³-hybridized carbons (Fsp3) is 0.500. The molecule has 1 fully saturated rings. The number of carbonyl (C=O) groups excluding carboxylic acids is 1. The summed E-state index contributed by atoms with van der Waals surface area (Å²) in [4.78, 5) is 13.9. The highest BCUT2D eigenvalue weighted by molar-refractivity contribution is 6.30. The molecule has 0 aliphatic carbocycles. The summed E-state index contributed by atoms with van der Waals surface area (Å²) in [6.07, 6.45) is 0.480. The van der Waals surface area contributed by atoms with Gasteiger partial charge in [-0.2, -0.15) is 0 Å². The van der Waals surface area contributed by atoms with E-state index in [4.69, 9.17) is 16.3 Å². The third kappa shape index (κ3) is 3.93. The summed E-state index contributed by atoms with van der Waals surface area (Å²) in [5, 5.41) is 3.70. The number of ether oxygens (including phenoxy) is 1. The van der Waals surface area contributed by atoms with Gasteiger partial charge in [0.05, 0.1) is 13.2 Å². The lowest BCUT2D eigenvalue weighted by molar-refractivity contribution is -0.138. The molecule has 1 N–H and O–H groups in total. The molecule has 0 bridgehead atoms. The number of benzene rings is 1. The van der Waals surface area contributed by atoms with E-state index in [-0.39, 0.29) is 12.0 Å². The molecule has 0 spiro atoms. The molecule has 1 aromatic rings. The normalized spacial score (nSPS) is 19.5. The van der Waals surface area contributed by atoms with Crippen LogP contribution in [-0.2, 0) is 9.53 Å². The zero-order chi connectivity index (χ0) is 13.7. The maximum absolute atomic E-state index is 12.0. The third-order valence-electron chi connectivity index (χ3n) is 3.25. The largest absolute Gasteiger partial charge is 0.370 e. The number of rotatable bonds is 4. The van der Waals surface area contributed by atoms with Crippen molar-refractivity contribution in [2.45, 2.75) is 12.5 Å². The zero-order valence-corrected chi connectivity index (χ0v) is 11.8. The molecule has 1 aliphatic rings. The number of halogens is 1. The van der Waals surface area contributed by atoms with Crippen LogP contribution in [0, 0.1) is 0 Å². The molecule has 1 aromatic carbocycles. The summed E-state index contributed by atoms with van der Waals surface area (Å²) >= 11 is 5.87. The first-order valence-corrected chi connectivity index (χ1v) is 6.88. The molecule has 1 unspecified atom stereocenters. The zero-order valence-electron chi connectivity index (χ0n) is 11.1. The number of hydrogen-bond donors (Lipinski definition) is 1. The lowest BCUT2D eigenvalue weighted by Crippen LogP contribution is -2.42. The van der Waals surface area contributed by atoms with E-state index < -0.39 is 0 Å². The van der Waals surface area contributed by atoms with Gasteiger partial charge in [-0.25, -0.2) is 0 Å². The molecule has 0 radical (unpaired) electrons. The van der Waals surface area contributed by atoms with Gasteiger partial charge in [0.15, 0.2) is 0 Å². The Morgan fingerprint density at radius 3 is 2.89 bits per heavy atom. The molecule has 1 aliphatic heterocycles. The summed E-state index contributed by atoms with van der Waals surface area (Å²) in [5.74, 6) is 0.177. The fourth-order valence-corrected chi connectivity index (χ4v) is 2.27. The summed E-state index contributed by atoms with van der Waals surface area (Å²) < 4.78 is 5.74. The van der Waals surface area contributed by atoms with E-state index in [1.165, 1.54) is 0 Å². The first-order valence-electron chi connectivity index (χ1n) is 6.50. The Morgan fingerprint density at radius 2 is 2.21 bits per heavy atom. The molecule has 0 saturated carbocycles. The van der Waals surface area contributed by atoms with Gasteiger partial charge in [-0.05, 0) is 24.7 Å². The summed E-state index contributed by atoms with van der Waals surface area (Å²) in [5.41, 5.74) is 1.07. The maximum atomic E-state index is 12.0. The van der Waals surface area contributed by atoms with Crippen LogP contribution in [0.5, 0.6) is 0 Å². The lowest BCUT2D eigenvalue weighted by Gasteiger charge is -2.33. The molecule has 4 nitrogen and oxygen atoms in total.